The minimum Gasteiger partial charge on any atom is -0.394 e. The Morgan fingerprint density at radius 3 is 3.05 bits per heavy atom. The van der Waals surface area contributed by atoms with Gasteiger partial charge in [0, 0.05) is 19.3 Å². The van der Waals surface area contributed by atoms with Gasteiger partial charge in [-0.1, -0.05) is 6.92 Å². The summed E-state index contributed by atoms with van der Waals surface area (Å²) in [7, 11) is 0. The molecule has 2 heterocycles. The summed E-state index contributed by atoms with van der Waals surface area (Å²) >= 11 is 0. The van der Waals surface area contributed by atoms with Gasteiger partial charge < -0.3 is 19.3 Å². The number of aliphatic hydroxyl groups excluding tert-OH is 1. The van der Waals surface area contributed by atoms with Crippen LogP contribution in [-0.2, 0) is 11.3 Å². The molecule has 1 aromatic rings. The molecular formula is C14H22N2O3. The maximum atomic E-state index is 12.6. The molecule has 0 spiro atoms. The number of carbonyl (C=O) groups is 1. The molecule has 0 saturated carbocycles. The second-order valence-corrected chi connectivity index (χ2v) is 5.03. The predicted molar refractivity (Wildman–Crippen MR) is 72.0 cm³/mol. The zero-order valence-corrected chi connectivity index (χ0v) is 11.6. The average molecular weight is 266 g/mol. The molecule has 1 aliphatic heterocycles. The first-order chi connectivity index (χ1) is 9.17. The van der Waals surface area contributed by atoms with Crippen molar-refractivity contribution in [3.63, 3.8) is 0 Å². The molecule has 1 fully saturated rings. The van der Waals surface area contributed by atoms with Crippen LogP contribution in [0, 0.1) is 0 Å². The average Bonchev–Trinajstić information content (AvgIpc) is 2.87. The van der Waals surface area contributed by atoms with Crippen molar-refractivity contribution in [1.82, 2.24) is 9.47 Å². The van der Waals surface area contributed by atoms with Crippen molar-refractivity contribution in [2.45, 2.75) is 39.0 Å². The molecule has 0 aromatic carbocycles. The first-order valence-electron chi connectivity index (χ1n) is 6.86. The number of aromatic nitrogens is 1. The van der Waals surface area contributed by atoms with E-state index in [1.54, 1.807) is 4.90 Å². The van der Waals surface area contributed by atoms with Crippen LogP contribution in [0.5, 0.6) is 0 Å². The van der Waals surface area contributed by atoms with Crippen molar-refractivity contribution in [2.24, 2.45) is 0 Å². The summed E-state index contributed by atoms with van der Waals surface area (Å²) in [4.78, 5) is 14.4. The molecule has 2 rings (SSSR count). The van der Waals surface area contributed by atoms with Gasteiger partial charge in [-0.05, 0) is 25.5 Å². The fraction of sp³-hybridized carbons (Fsp3) is 0.643. The van der Waals surface area contributed by atoms with E-state index >= 15 is 0 Å². The molecule has 1 N–H and O–H groups in total. The molecule has 0 aliphatic carbocycles. The SMILES string of the molecule is CCCn1cccc1C(=O)N1CC(CO)OCC1C. The predicted octanol–water partition coefficient (Wildman–Crippen LogP) is 1.12. The Balaban J connectivity index is 2.15. The number of amides is 1. The summed E-state index contributed by atoms with van der Waals surface area (Å²) in [5.41, 5.74) is 0.715. The van der Waals surface area contributed by atoms with Crippen molar-refractivity contribution >= 4 is 5.91 Å². The smallest absolute Gasteiger partial charge is 0.270 e. The maximum absolute atomic E-state index is 12.6. The van der Waals surface area contributed by atoms with Crippen LogP contribution < -0.4 is 0 Å². The molecule has 0 radical (unpaired) electrons. The van der Waals surface area contributed by atoms with E-state index in [0.29, 0.717) is 18.8 Å². The van der Waals surface area contributed by atoms with E-state index in [1.807, 2.05) is 29.8 Å². The van der Waals surface area contributed by atoms with Gasteiger partial charge in [0.2, 0.25) is 0 Å². The highest BCUT2D eigenvalue weighted by Gasteiger charge is 2.30. The van der Waals surface area contributed by atoms with E-state index < -0.39 is 0 Å². The molecule has 1 amide bonds. The molecule has 2 unspecified atom stereocenters. The monoisotopic (exact) mass is 266 g/mol. The number of ether oxygens (including phenoxy) is 1. The molecule has 0 bridgehead atoms. The van der Waals surface area contributed by atoms with Gasteiger partial charge in [0.25, 0.3) is 5.91 Å². The molecule has 5 heteroatoms. The van der Waals surface area contributed by atoms with E-state index in [9.17, 15) is 9.90 Å². The molecule has 1 aromatic heterocycles. The van der Waals surface area contributed by atoms with Crippen LogP contribution in [-0.4, -0.2) is 52.4 Å². The zero-order chi connectivity index (χ0) is 13.8. The Bertz CT molecular complexity index is 430. The molecule has 106 valence electrons. The summed E-state index contributed by atoms with van der Waals surface area (Å²) in [6.07, 6.45) is 2.66. The van der Waals surface area contributed by atoms with Crippen LogP contribution in [0.2, 0.25) is 0 Å². The standard InChI is InChI=1S/C14H22N2O3/c1-3-6-15-7-4-5-13(15)14(18)16-8-12(9-17)19-10-11(16)2/h4-5,7,11-12,17H,3,6,8-10H2,1-2H3. The van der Waals surface area contributed by atoms with Gasteiger partial charge in [-0.15, -0.1) is 0 Å². The first kappa shape index (κ1) is 14.1. The van der Waals surface area contributed by atoms with Crippen molar-refractivity contribution < 1.29 is 14.6 Å². The number of hydrogen-bond acceptors (Lipinski definition) is 3. The number of hydrogen-bond donors (Lipinski definition) is 1. The summed E-state index contributed by atoms with van der Waals surface area (Å²) in [5.74, 6) is 0.0210. The third-order valence-corrected chi connectivity index (χ3v) is 3.48. The maximum Gasteiger partial charge on any atom is 0.270 e. The van der Waals surface area contributed by atoms with E-state index in [0.717, 1.165) is 13.0 Å². The van der Waals surface area contributed by atoms with E-state index in [2.05, 4.69) is 6.92 Å². The lowest BCUT2D eigenvalue weighted by molar-refractivity contribution is -0.0669. The number of morpholine rings is 1. The van der Waals surface area contributed by atoms with Crippen LogP contribution in [0.1, 0.15) is 30.8 Å². The summed E-state index contributed by atoms with van der Waals surface area (Å²) in [5, 5.41) is 9.18. The van der Waals surface area contributed by atoms with E-state index in [4.69, 9.17) is 4.74 Å². The fourth-order valence-electron chi connectivity index (χ4n) is 2.40. The normalized spacial score (nSPS) is 23.6. The number of rotatable bonds is 4. The molecule has 1 saturated heterocycles. The Hall–Kier alpha value is -1.33. The largest absolute Gasteiger partial charge is 0.394 e. The summed E-state index contributed by atoms with van der Waals surface area (Å²) in [6.45, 7) is 5.79. The highest BCUT2D eigenvalue weighted by atomic mass is 16.5. The first-order valence-corrected chi connectivity index (χ1v) is 6.86. The van der Waals surface area contributed by atoms with E-state index in [1.165, 1.54) is 0 Å². The Morgan fingerprint density at radius 1 is 1.58 bits per heavy atom. The van der Waals surface area contributed by atoms with Crippen LogP contribution >= 0.6 is 0 Å². The van der Waals surface area contributed by atoms with Crippen LogP contribution in [0.15, 0.2) is 18.3 Å². The quantitative estimate of drug-likeness (QED) is 0.888. The summed E-state index contributed by atoms with van der Waals surface area (Å²) in [6, 6.07) is 3.80. The van der Waals surface area contributed by atoms with Crippen molar-refractivity contribution in [2.75, 3.05) is 19.8 Å². The van der Waals surface area contributed by atoms with Crippen LogP contribution in [0.4, 0.5) is 0 Å². The highest BCUT2D eigenvalue weighted by Crippen LogP contribution is 2.16. The number of aliphatic hydroxyl groups is 1. The Kier molecular flexibility index (Phi) is 4.61. The highest BCUT2D eigenvalue weighted by molar-refractivity contribution is 5.93. The lowest BCUT2D eigenvalue weighted by Gasteiger charge is -2.37. The second kappa shape index (κ2) is 6.21. The van der Waals surface area contributed by atoms with Gasteiger partial charge in [-0.25, -0.2) is 0 Å². The fourth-order valence-corrected chi connectivity index (χ4v) is 2.40. The molecule has 5 nitrogen and oxygen atoms in total. The second-order valence-electron chi connectivity index (χ2n) is 5.03. The van der Waals surface area contributed by atoms with Gasteiger partial charge in [0.05, 0.1) is 25.4 Å². The van der Waals surface area contributed by atoms with Crippen molar-refractivity contribution in [1.29, 1.82) is 0 Å². The van der Waals surface area contributed by atoms with Gasteiger partial charge in [-0.3, -0.25) is 4.79 Å². The Labute approximate surface area is 113 Å². The number of aryl methyl sites for hydroxylation is 1. The van der Waals surface area contributed by atoms with Crippen LogP contribution in [0.3, 0.4) is 0 Å². The third kappa shape index (κ3) is 2.98. The topological polar surface area (TPSA) is 54.7 Å². The van der Waals surface area contributed by atoms with Gasteiger partial charge >= 0.3 is 0 Å². The van der Waals surface area contributed by atoms with E-state index in [-0.39, 0.29) is 24.7 Å². The zero-order valence-electron chi connectivity index (χ0n) is 11.6. The third-order valence-electron chi connectivity index (χ3n) is 3.48. The molecular weight excluding hydrogens is 244 g/mol. The van der Waals surface area contributed by atoms with Gasteiger partial charge in [0.15, 0.2) is 0 Å². The van der Waals surface area contributed by atoms with Crippen molar-refractivity contribution in [3.05, 3.63) is 24.0 Å². The molecule has 19 heavy (non-hydrogen) atoms. The minimum atomic E-state index is -0.269. The number of nitrogens with zero attached hydrogens (tertiary/aromatic N) is 2. The Morgan fingerprint density at radius 2 is 2.37 bits per heavy atom. The minimum absolute atomic E-state index is 0.0210. The summed E-state index contributed by atoms with van der Waals surface area (Å²) < 4.78 is 7.45. The van der Waals surface area contributed by atoms with Crippen LogP contribution in [0.25, 0.3) is 0 Å². The molecule has 2 atom stereocenters. The lowest BCUT2D eigenvalue weighted by Crippen LogP contribution is -2.52. The molecule has 1 aliphatic rings. The van der Waals surface area contributed by atoms with Gasteiger partial charge in [0.1, 0.15) is 5.69 Å². The number of carbonyl (C=O) groups excluding carboxylic acids is 1. The lowest BCUT2D eigenvalue weighted by atomic mass is 10.2. The van der Waals surface area contributed by atoms with Crippen molar-refractivity contribution in [3.8, 4) is 0 Å². The van der Waals surface area contributed by atoms with Gasteiger partial charge in [-0.2, -0.15) is 0 Å².